The minimum absolute atomic E-state index is 0.238. The van der Waals surface area contributed by atoms with Gasteiger partial charge in [0, 0.05) is 18.2 Å². The minimum atomic E-state index is -0.955. The smallest absolute Gasteiger partial charge is 0.246 e. The Morgan fingerprint density at radius 2 is 1.90 bits per heavy atom. The second-order valence-corrected chi connectivity index (χ2v) is 6.99. The average Bonchev–Trinajstić information content (AvgIpc) is 3.29. The van der Waals surface area contributed by atoms with Crippen LogP contribution in [0.25, 0.3) is 11.4 Å². The summed E-state index contributed by atoms with van der Waals surface area (Å²) in [5, 5.41) is 6.75. The quantitative estimate of drug-likeness (QED) is 0.600. The second kappa shape index (κ2) is 9.04. The summed E-state index contributed by atoms with van der Waals surface area (Å²) < 4.78 is 38.1. The summed E-state index contributed by atoms with van der Waals surface area (Å²) in [6.07, 6.45) is 3.83. The molecule has 1 aromatic heterocycles. The number of halogens is 2. The number of nitrogens with one attached hydrogen (secondary N) is 2. The van der Waals surface area contributed by atoms with Crippen molar-refractivity contribution in [3.8, 4) is 28.8 Å². The van der Waals surface area contributed by atoms with Crippen LogP contribution in [0.1, 0.15) is 12.8 Å². The van der Waals surface area contributed by atoms with Gasteiger partial charge in [-0.1, -0.05) is 0 Å². The summed E-state index contributed by atoms with van der Waals surface area (Å²) in [4.78, 5) is 8.77. The predicted octanol–water partition coefficient (Wildman–Crippen LogP) is 4.39. The van der Waals surface area contributed by atoms with Gasteiger partial charge < -0.3 is 20.1 Å². The van der Waals surface area contributed by atoms with Crippen LogP contribution >= 0.6 is 0 Å². The lowest BCUT2D eigenvalue weighted by molar-refractivity contribution is 0.412. The van der Waals surface area contributed by atoms with Crippen LogP contribution in [0.4, 0.5) is 14.5 Å². The molecule has 2 aromatic carbocycles. The number of hydrogen-bond acceptors (Lipinski definition) is 6. The maximum Gasteiger partial charge on any atom is 0.246 e. The average molecular weight is 412 g/mol. The van der Waals surface area contributed by atoms with E-state index in [1.54, 1.807) is 37.6 Å². The molecular formula is C22H22F2N4O2. The molecule has 0 aliphatic carbocycles. The largest absolute Gasteiger partial charge is 0.497 e. The molecular weight excluding hydrogens is 390 g/mol. The predicted molar refractivity (Wildman–Crippen MR) is 110 cm³/mol. The Morgan fingerprint density at radius 3 is 2.60 bits per heavy atom. The number of rotatable bonds is 7. The van der Waals surface area contributed by atoms with Crippen LogP contribution in [0, 0.1) is 11.6 Å². The standard InChI is InChI=1S/C22H22F2N4O2/c1-29-16-5-7-17(8-6-16)30-22-20(26-12-15-3-2-10-25-15)13-27-21(28-22)14-4-9-18(23)19(24)11-14/h4-9,11,13,15,25-26H,2-3,10,12H2,1H3/t15-/m0/s1. The van der Waals surface area contributed by atoms with Gasteiger partial charge in [-0.2, -0.15) is 4.98 Å². The van der Waals surface area contributed by atoms with Gasteiger partial charge in [-0.25, -0.2) is 13.8 Å². The lowest BCUT2D eigenvalue weighted by Crippen LogP contribution is -2.29. The van der Waals surface area contributed by atoms with E-state index in [2.05, 4.69) is 20.6 Å². The maximum atomic E-state index is 13.7. The van der Waals surface area contributed by atoms with Crippen LogP contribution in [0.5, 0.6) is 17.4 Å². The van der Waals surface area contributed by atoms with Gasteiger partial charge in [0.25, 0.3) is 0 Å². The molecule has 6 nitrogen and oxygen atoms in total. The molecule has 0 radical (unpaired) electrons. The molecule has 1 atom stereocenters. The van der Waals surface area contributed by atoms with Crippen LogP contribution in [-0.4, -0.2) is 36.2 Å². The lowest BCUT2D eigenvalue weighted by atomic mass is 10.2. The highest BCUT2D eigenvalue weighted by Crippen LogP contribution is 2.31. The van der Waals surface area contributed by atoms with E-state index in [0.717, 1.165) is 31.5 Å². The van der Waals surface area contributed by atoms with E-state index >= 15 is 0 Å². The van der Waals surface area contributed by atoms with Crippen molar-refractivity contribution in [2.24, 2.45) is 0 Å². The molecule has 2 heterocycles. The second-order valence-electron chi connectivity index (χ2n) is 6.99. The molecule has 2 N–H and O–H groups in total. The number of methoxy groups -OCH3 is 1. The number of hydrogen-bond donors (Lipinski definition) is 2. The van der Waals surface area contributed by atoms with Crippen molar-refractivity contribution in [2.45, 2.75) is 18.9 Å². The number of nitrogens with zero attached hydrogens (tertiary/aromatic N) is 2. The van der Waals surface area contributed by atoms with Gasteiger partial charge >= 0.3 is 0 Å². The van der Waals surface area contributed by atoms with E-state index < -0.39 is 11.6 Å². The minimum Gasteiger partial charge on any atom is -0.497 e. The first-order valence-corrected chi connectivity index (χ1v) is 9.74. The molecule has 1 aliphatic rings. The summed E-state index contributed by atoms with van der Waals surface area (Å²) in [5.41, 5.74) is 0.975. The Labute approximate surface area is 173 Å². The van der Waals surface area contributed by atoms with Crippen LogP contribution in [-0.2, 0) is 0 Å². The van der Waals surface area contributed by atoms with E-state index in [1.165, 1.54) is 6.07 Å². The van der Waals surface area contributed by atoms with Gasteiger partial charge in [0.15, 0.2) is 17.5 Å². The first kappa shape index (κ1) is 20.0. The molecule has 3 aromatic rings. The van der Waals surface area contributed by atoms with Crippen molar-refractivity contribution in [3.63, 3.8) is 0 Å². The van der Waals surface area contributed by atoms with Crippen molar-refractivity contribution in [1.29, 1.82) is 0 Å². The number of anilines is 1. The third kappa shape index (κ3) is 4.65. The van der Waals surface area contributed by atoms with Gasteiger partial charge in [-0.05, 0) is 61.9 Å². The molecule has 0 saturated carbocycles. The summed E-state index contributed by atoms with van der Waals surface area (Å²) in [5.74, 6) is -0.0696. The molecule has 0 spiro atoms. The van der Waals surface area contributed by atoms with E-state index in [-0.39, 0.29) is 5.82 Å². The SMILES string of the molecule is COc1ccc(Oc2nc(-c3ccc(F)c(F)c3)ncc2NC[C@@H]2CCCN2)cc1. The molecule has 156 valence electrons. The third-order valence-electron chi connectivity index (χ3n) is 4.91. The summed E-state index contributed by atoms with van der Waals surface area (Å²) in [7, 11) is 1.59. The molecule has 1 fully saturated rings. The monoisotopic (exact) mass is 412 g/mol. The summed E-state index contributed by atoms with van der Waals surface area (Å²) in [6.45, 7) is 1.71. The Morgan fingerprint density at radius 1 is 1.10 bits per heavy atom. The highest BCUT2D eigenvalue weighted by molar-refractivity contribution is 5.61. The fourth-order valence-electron chi connectivity index (χ4n) is 3.26. The zero-order valence-electron chi connectivity index (χ0n) is 16.5. The molecule has 0 amide bonds. The van der Waals surface area contributed by atoms with Gasteiger partial charge in [0.1, 0.15) is 17.2 Å². The van der Waals surface area contributed by atoms with E-state index in [1.807, 2.05) is 0 Å². The molecule has 0 unspecified atom stereocenters. The van der Waals surface area contributed by atoms with Crippen LogP contribution in [0.3, 0.4) is 0 Å². The van der Waals surface area contributed by atoms with Crippen molar-refractivity contribution in [1.82, 2.24) is 15.3 Å². The highest BCUT2D eigenvalue weighted by atomic mass is 19.2. The van der Waals surface area contributed by atoms with E-state index in [4.69, 9.17) is 9.47 Å². The van der Waals surface area contributed by atoms with Gasteiger partial charge in [0.05, 0.1) is 13.3 Å². The van der Waals surface area contributed by atoms with Crippen LogP contribution < -0.4 is 20.1 Å². The number of ether oxygens (including phenoxy) is 2. The Balaban J connectivity index is 1.62. The first-order chi connectivity index (χ1) is 14.6. The zero-order chi connectivity index (χ0) is 20.9. The van der Waals surface area contributed by atoms with Crippen LogP contribution in [0.2, 0.25) is 0 Å². The lowest BCUT2D eigenvalue weighted by Gasteiger charge is -2.16. The Kier molecular flexibility index (Phi) is 6.04. The topological polar surface area (TPSA) is 68.3 Å². The van der Waals surface area contributed by atoms with Crippen molar-refractivity contribution < 1.29 is 18.3 Å². The normalized spacial score (nSPS) is 15.8. The molecule has 4 rings (SSSR count). The van der Waals surface area contributed by atoms with Crippen molar-refractivity contribution in [2.75, 3.05) is 25.5 Å². The third-order valence-corrected chi connectivity index (χ3v) is 4.91. The Hall–Kier alpha value is -3.26. The fraction of sp³-hybridized carbons (Fsp3) is 0.273. The first-order valence-electron chi connectivity index (χ1n) is 9.74. The number of aromatic nitrogens is 2. The molecule has 1 saturated heterocycles. The molecule has 1 aliphatic heterocycles. The van der Waals surface area contributed by atoms with Gasteiger partial charge in [-0.3, -0.25) is 0 Å². The zero-order valence-corrected chi connectivity index (χ0v) is 16.5. The van der Waals surface area contributed by atoms with Crippen molar-refractivity contribution >= 4 is 5.69 Å². The van der Waals surface area contributed by atoms with E-state index in [9.17, 15) is 8.78 Å². The highest BCUT2D eigenvalue weighted by Gasteiger charge is 2.17. The fourth-order valence-corrected chi connectivity index (χ4v) is 3.26. The Bertz CT molecular complexity index is 1010. The number of benzene rings is 2. The molecule has 8 heteroatoms. The van der Waals surface area contributed by atoms with Crippen molar-refractivity contribution in [3.05, 3.63) is 60.3 Å². The summed E-state index contributed by atoms with van der Waals surface area (Å²) >= 11 is 0. The maximum absolute atomic E-state index is 13.7. The van der Waals surface area contributed by atoms with Gasteiger partial charge in [-0.15, -0.1) is 0 Å². The van der Waals surface area contributed by atoms with Gasteiger partial charge in [0.2, 0.25) is 5.88 Å². The molecule has 30 heavy (non-hydrogen) atoms. The molecule has 0 bridgehead atoms. The summed E-state index contributed by atoms with van der Waals surface area (Å²) in [6, 6.07) is 11.0. The van der Waals surface area contributed by atoms with Crippen LogP contribution in [0.15, 0.2) is 48.7 Å². The van der Waals surface area contributed by atoms with E-state index in [0.29, 0.717) is 41.2 Å².